The van der Waals surface area contributed by atoms with Crippen molar-refractivity contribution in [3.8, 4) is 0 Å². The lowest BCUT2D eigenvalue weighted by Gasteiger charge is -2.24. The zero-order chi connectivity index (χ0) is 16.5. The Morgan fingerprint density at radius 3 is 1.73 bits per heavy atom. The van der Waals surface area contributed by atoms with Gasteiger partial charge >= 0.3 is 0 Å². The maximum atomic E-state index is 2.46. The van der Waals surface area contributed by atoms with E-state index < -0.39 is 0 Å². The van der Waals surface area contributed by atoms with Crippen LogP contribution in [0, 0.1) is 0 Å². The first-order chi connectivity index (χ1) is 10.7. The molecule has 0 amide bonds. The normalized spacial score (nSPS) is 13.3. The monoisotopic (exact) mass is 309 g/mol. The summed E-state index contributed by atoms with van der Waals surface area (Å²) in [4.78, 5) is 2.46. The van der Waals surface area contributed by atoms with Gasteiger partial charge in [-0.1, -0.05) is 83.3 Å². The fourth-order valence-corrected chi connectivity index (χ4v) is 3.16. The third kappa shape index (κ3) is 14.6. The summed E-state index contributed by atoms with van der Waals surface area (Å²) >= 11 is 0. The summed E-state index contributed by atoms with van der Waals surface area (Å²) in [7, 11) is 4.52. The van der Waals surface area contributed by atoms with Gasteiger partial charge in [0.2, 0.25) is 0 Å². The van der Waals surface area contributed by atoms with Gasteiger partial charge in [-0.15, -0.1) is 0 Å². The van der Waals surface area contributed by atoms with Crippen LogP contribution in [0.2, 0.25) is 0 Å². The Morgan fingerprint density at radius 1 is 0.727 bits per heavy atom. The zero-order valence-corrected chi connectivity index (χ0v) is 16.1. The minimum atomic E-state index is 0.811. The fraction of sp³-hybridized carbons (Fsp3) is 0.905. The van der Waals surface area contributed by atoms with Crippen molar-refractivity contribution in [1.29, 1.82) is 0 Å². The zero-order valence-electron chi connectivity index (χ0n) is 16.1. The molecule has 0 aliphatic heterocycles. The molecule has 0 bridgehead atoms. The summed E-state index contributed by atoms with van der Waals surface area (Å²) in [5.74, 6) is 0. The highest BCUT2D eigenvalue weighted by molar-refractivity contribution is 4.76. The van der Waals surface area contributed by atoms with E-state index in [0.717, 1.165) is 6.04 Å². The molecule has 1 nitrogen and oxygen atoms in total. The molecule has 0 heterocycles. The summed E-state index contributed by atoms with van der Waals surface area (Å²) in [6.07, 6.45) is 24.1. The Balaban J connectivity index is 3.53. The summed E-state index contributed by atoms with van der Waals surface area (Å²) in [5.41, 5.74) is 0. The van der Waals surface area contributed by atoms with Gasteiger partial charge in [-0.3, -0.25) is 0 Å². The van der Waals surface area contributed by atoms with Crippen LogP contribution in [0.15, 0.2) is 12.2 Å². The van der Waals surface area contributed by atoms with E-state index in [0.29, 0.717) is 0 Å². The smallest absolute Gasteiger partial charge is 0.00891 e. The molecule has 1 heteroatoms. The van der Waals surface area contributed by atoms with Crippen LogP contribution in [0.3, 0.4) is 0 Å². The van der Waals surface area contributed by atoms with Crippen LogP contribution in [0.5, 0.6) is 0 Å². The summed E-state index contributed by atoms with van der Waals surface area (Å²) in [6.45, 7) is 4.41. The predicted molar refractivity (Wildman–Crippen MR) is 103 cm³/mol. The standard InChI is InChI=1S/C21H43N/c1-5-7-9-11-13-15-17-19-21(22(3)4)20-18-16-14-12-10-8-6-2/h5,7,21H,6,8-20H2,1-4H3/b7-5-. The Morgan fingerprint density at radius 2 is 1.23 bits per heavy atom. The van der Waals surface area contributed by atoms with Crippen molar-refractivity contribution in [3.05, 3.63) is 12.2 Å². The third-order valence-corrected chi connectivity index (χ3v) is 4.77. The van der Waals surface area contributed by atoms with Crippen LogP contribution in [0.1, 0.15) is 104 Å². The highest BCUT2D eigenvalue weighted by Gasteiger charge is 2.10. The lowest BCUT2D eigenvalue weighted by molar-refractivity contribution is 0.251. The van der Waals surface area contributed by atoms with Gasteiger partial charge in [0.25, 0.3) is 0 Å². The second kappa shape index (κ2) is 17.1. The van der Waals surface area contributed by atoms with E-state index in [1.807, 2.05) is 0 Å². The second-order valence-corrected chi connectivity index (χ2v) is 7.09. The largest absolute Gasteiger partial charge is 0.306 e. The number of hydrogen-bond acceptors (Lipinski definition) is 1. The number of nitrogens with zero attached hydrogens (tertiary/aromatic N) is 1. The summed E-state index contributed by atoms with van der Waals surface area (Å²) in [5, 5.41) is 0. The molecular weight excluding hydrogens is 266 g/mol. The van der Waals surface area contributed by atoms with E-state index in [1.54, 1.807) is 0 Å². The Kier molecular flexibility index (Phi) is 16.8. The van der Waals surface area contributed by atoms with Crippen molar-refractivity contribution in [1.82, 2.24) is 4.90 Å². The molecule has 0 N–H and O–H groups in total. The van der Waals surface area contributed by atoms with Crippen molar-refractivity contribution >= 4 is 0 Å². The predicted octanol–water partition coefficient (Wildman–Crippen LogP) is 6.97. The van der Waals surface area contributed by atoms with Crippen molar-refractivity contribution in [3.63, 3.8) is 0 Å². The van der Waals surface area contributed by atoms with Gasteiger partial charge in [-0.25, -0.2) is 0 Å². The quantitative estimate of drug-likeness (QED) is 0.220. The van der Waals surface area contributed by atoms with Gasteiger partial charge in [0.1, 0.15) is 0 Å². The minimum Gasteiger partial charge on any atom is -0.306 e. The van der Waals surface area contributed by atoms with Crippen molar-refractivity contribution in [2.75, 3.05) is 14.1 Å². The van der Waals surface area contributed by atoms with Crippen LogP contribution in [-0.4, -0.2) is 25.0 Å². The van der Waals surface area contributed by atoms with Crippen molar-refractivity contribution in [2.45, 2.75) is 110 Å². The molecule has 132 valence electrons. The topological polar surface area (TPSA) is 3.24 Å². The highest BCUT2D eigenvalue weighted by Crippen LogP contribution is 2.17. The van der Waals surface area contributed by atoms with E-state index in [2.05, 4.69) is 45.0 Å². The van der Waals surface area contributed by atoms with Gasteiger partial charge in [0.05, 0.1) is 0 Å². The van der Waals surface area contributed by atoms with Crippen LogP contribution >= 0.6 is 0 Å². The number of unbranched alkanes of at least 4 members (excludes halogenated alkanes) is 10. The molecule has 0 radical (unpaired) electrons. The van der Waals surface area contributed by atoms with Crippen LogP contribution in [-0.2, 0) is 0 Å². The fourth-order valence-electron chi connectivity index (χ4n) is 3.16. The maximum Gasteiger partial charge on any atom is 0.00891 e. The first-order valence-corrected chi connectivity index (χ1v) is 10.00. The van der Waals surface area contributed by atoms with E-state index in [9.17, 15) is 0 Å². The van der Waals surface area contributed by atoms with Crippen molar-refractivity contribution < 1.29 is 0 Å². The first-order valence-electron chi connectivity index (χ1n) is 10.00. The molecule has 1 unspecified atom stereocenters. The number of hydrogen-bond donors (Lipinski definition) is 0. The first kappa shape index (κ1) is 21.7. The third-order valence-electron chi connectivity index (χ3n) is 4.77. The lowest BCUT2D eigenvalue weighted by Crippen LogP contribution is -2.27. The van der Waals surface area contributed by atoms with Gasteiger partial charge in [0, 0.05) is 6.04 Å². The van der Waals surface area contributed by atoms with Crippen LogP contribution < -0.4 is 0 Å². The molecule has 0 spiro atoms. The summed E-state index contributed by atoms with van der Waals surface area (Å²) in [6, 6.07) is 0.811. The van der Waals surface area contributed by atoms with Gasteiger partial charge in [-0.2, -0.15) is 0 Å². The van der Waals surface area contributed by atoms with Crippen LogP contribution in [0.25, 0.3) is 0 Å². The second-order valence-electron chi connectivity index (χ2n) is 7.09. The molecule has 0 rings (SSSR count). The molecule has 22 heavy (non-hydrogen) atoms. The van der Waals surface area contributed by atoms with Gasteiger partial charge < -0.3 is 4.90 Å². The molecule has 0 aliphatic rings. The maximum absolute atomic E-state index is 2.46. The molecule has 0 saturated carbocycles. The van der Waals surface area contributed by atoms with E-state index >= 15 is 0 Å². The van der Waals surface area contributed by atoms with E-state index in [-0.39, 0.29) is 0 Å². The number of rotatable bonds is 16. The molecule has 0 aromatic heterocycles. The Hall–Kier alpha value is -0.300. The SMILES string of the molecule is C/C=C\CCCCCCC(CCCCCCCCC)N(C)C. The molecule has 1 atom stereocenters. The molecule has 0 aromatic rings. The minimum absolute atomic E-state index is 0.811. The van der Waals surface area contributed by atoms with E-state index in [4.69, 9.17) is 0 Å². The van der Waals surface area contributed by atoms with E-state index in [1.165, 1.54) is 89.9 Å². The highest BCUT2D eigenvalue weighted by atomic mass is 15.1. The Bertz CT molecular complexity index is 232. The Labute approximate surface area is 141 Å². The van der Waals surface area contributed by atoms with Crippen molar-refractivity contribution in [2.24, 2.45) is 0 Å². The average molecular weight is 310 g/mol. The molecule has 0 saturated heterocycles. The molecular formula is C21H43N. The molecule has 0 aliphatic carbocycles. The number of allylic oxidation sites excluding steroid dienone is 2. The summed E-state index contributed by atoms with van der Waals surface area (Å²) < 4.78 is 0. The molecule has 0 aromatic carbocycles. The van der Waals surface area contributed by atoms with Gasteiger partial charge in [-0.05, 0) is 46.7 Å². The lowest BCUT2D eigenvalue weighted by atomic mass is 9.99. The van der Waals surface area contributed by atoms with Crippen LogP contribution in [0.4, 0.5) is 0 Å². The van der Waals surface area contributed by atoms with Gasteiger partial charge in [0.15, 0.2) is 0 Å². The molecule has 0 fully saturated rings. The average Bonchev–Trinajstić information content (AvgIpc) is 2.50.